The molecule has 0 saturated heterocycles. The van der Waals surface area contributed by atoms with Gasteiger partial charge in [-0.15, -0.1) is 20.4 Å². The molecule has 0 unspecified atom stereocenters. The molecule has 0 atom stereocenters. The molecule has 0 saturated carbocycles. The summed E-state index contributed by atoms with van der Waals surface area (Å²) < 4.78 is 28.9. The van der Waals surface area contributed by atoms with Crippen LogP contribution in [0.15, 0.2) is 29.4 Å². The van der Waals surface area contributed by atoms with Crippen LogP contribution in [0.3, 0.4) is 0 Å². The number of fused-ring (bicyclic) bond motifs is 3. The number of sulfonamides is 1. The Morgan fingerprint density at radius 1 is 1.13 bits per heavy atom. The van der Waals surface area contributed by atoms with Crippen molar-refractivity contribution >= 4 is 50.2 Å². The molecule has 0 spiro atoms. The number of thioether (sulfide) groups is 1. The Morgan fingerprint density at radius 3 is 2.50 bits per heavy atom. The summed E-state index contributed by atoms with van der Waals surface area (Å²) in [4.78, 5) is 13.0. The van der Waals surface area contributed by atoms with Gasteiger partial charge in [-0.05, 0) is 26.0 Å². The van der Waals surface area contributed by atoms with Gasteiger partial charge in [0.05, 0.1) is 28.9 Å². The van der Waals surface area contributed by atoms with Crippen LogP contribution in [-0.4, -0.2) is 60.9 Å². The molecule has 3 heterocycles. The third-order valence-electron chi connectivity index (χ3n) is 4.54. The molecule has 4 aromatic rings. The molecular weight excluding hydrogens is 428 g/mol. The minimum atomic E-state index is -3.87. The topological polar surface area (TPSA) is 128 Å². The average molecular weight is 447 g/mol. The van der Waals surface area contributed by atoms with Gasteiger partial charge in [0, 0.05) is 7.05 Å². The molecule has 3 aromatic heterocycles. The summed E-state index contributed by atoms with van der Waals surface area (Å²) in [6, 6.07) is 7.34. The maximum atomic E-state index is 13.0. The number of hydrogen-bond acceptors (Lipinski definition) is 9. The Labute approximate surface area is 176 Å². The lowest BCUT2D eigenvalue weighted by molar-refractivity contribution is -0.115. The highest BCUT2D eigenvalue weighted by molar-refractivity contribution is 8.00. The van der Waals surface area contributed by atoms with Gasteiger partial charge in [0.15, 0.2) is 5.16 Å². The summed E-state index contributed by atoms with van der Waals surface area (Å²) in [5, 5.41) is 20.8. The van der Waals surface area contributed by atoms with E-state index in [0.717, 1.165) is 27.8 Å². The first-order valence-corrected chi connectivity index (χ1v) is 11.6. The van der Waals surface area contributed by atoms with Crippen LogP contribution in [0.5, 0.6) is 0 Å². The smallest absolute Gasteiger partial charge is 0.272 e. The quantitative estimate of drug-likeness (QED) is 0.414. The van der Waals surface area contributed by atoms with Gasteiger partial charge in [-0.1, -0.05) is 23.9 Å². The predicted molar refractivity (Wildman–Crippen MR) is 112 cm³/mol. The Kier molecular flexibility index (Phi) is 4.94. The molecule has 0 aliphatic heterocycles. The standard InChI is InChI=1S/C17H18N8O3S2/c1-10-15(11(2)23(3)22-10)25(30(4,27)28)14(26)9-29-17-21-20-16-19-18-12-7-5-6-8-13(12)24(16)17/h5-8H,9H2,1-4H3. The zero-order chi connectivity index (χ0) is 21.6. The summed E-state index contributed by atoms with van der Waals surface area (Å²) >= 11 is 1.08. The minimum absolute atomic E-state index is 0.168. The zero-order valence-corrected chi connectivity index (χ0v) is 18.3. The van der Waals surface area contributed by atoms with Crippen LogP contribution in [0, 0.1) is 13.8 Å². The second kappa shape index (κ2) is 7.32. The predicted octanol–water partition coefficient (Wildman–Crippen LogP) is 1.11. The highest BCUT2D eigenvalue weighted by Crippen LogP contribution is 2.28. The maximum Gasteiger partial charge on any atom is 0.275 e. The minimum Gasteiger partial charge on any atom is -0.272 e. The molecule has 1 aromatic carbocycles. The van der Waals surface area contributed by atoms with Crippen LogP contribution in [-0.2, 0) is 21.9 Å². The van der Waals surface area contributed by atoms with E-state index < -0.39 is 15.9 Å². The Morgan fingerprint density at radius 2 is 1.83 bits per heavy atom. The fourth-order valence-corrected chi connectivity index (χ4v) is 5.09. The first kappa shape index (κ1) is 20.2. The number of rotatable bonds is 5. The number of hydrogen-bond donors (Lipinski definition) is 0. The van der Waals surface area contributed by atoms with Gasteiger partial charge < -0.3 is 0 Å². The van der Waals surface area contributed by atoms with Gasteiger partial charge in [0.25, 0.3) is 11.7 Å². The third kappa shape index (κ3) is 3.39. The molecular formula is C17H18N8O3S2. The van der Waals surface area contributed by atoms with Crippen LogP contribution in [0.1, 0.15) is 11.4 Å². The molecule has 0 bridgehead atoms. The molecule has 156 valence electrons. The number of aryl methyl sites for hydroxylation is 2. The number of aromatic nitrogens is 7. The van der Waals surface area contributed by atoms with Crippen molar-refractivity contribution in [2.45, 2.75) is 19.0 Å². The lowest BCUT2D eigenvalue weighted by atomic mass is 10.3. The van der Waals surface area contributed by atoms with Crippen molar-refractivity contribution in [1.82, 2.24) is 34.6 Å². The van der Waals surface area contributed by atoms with Gasteiger partial charge in [-0.2, -0.15) is 5.10 Å². The molecule has 1 amide bonds. The fraction of sp³-hybridized carbons (Fsp3) is 0.294. The van der Waals surface area contributed by atoms with Crippen LogP contribution < -0.4 is 4.31 Å². The molecule has 30 heavy (non-hydrogen) atoms. The summed E-state index contributed by atoms with van der Waals surface area (Å²) in [7, 11) is -2.17. The summed E-state index contributed by atoms with van der Waals surface area (Å²) in [6.07, 6.45) is 0.997. The lowest BCUT2D eigenvalue weighted by Gasteiger charge is -2.20. The number of amides is 1. The van der Waals surface area contributed by atoms with Crippen molar-refractivity contribution in [3.05, 3.63) is 35.7 Å². The van der Waals surface area contributed by atoms with E-state index in [0.29, 0.717) is 27.8 Å². The van der Waals surface area contributed by atoms with E-state index in [2.05, 4.69) is 25.5 Å². The molecule has 11 nitrogen and oxygen atoms in total. The monoisotopic (exact) mass is 446 g/mol. The highest BCUT2D eigenvalue weighted by atomic mass is 32.2. The SMILES string of the molecule is Cc1nn(C)c(C)c1N(C(=O)CSc1nnc2nnc3ccccc3n12)S(C)(=O)=O. The second-order valence-electron chi connectivity index (χ2n) is 6.66. The number of para-hydroxylation sites is 1. The third-order valence-corrected chi connectivity index (χ3v) is 6.51. The van der Waals surface area contributed by atoms with Crippen LogP contribution in [0.4, 0.5) is 5.69 Å². The summed E-state index contributed by atoms with van der Waals surface area (Å²) in [5.74, 6) is -0.481. The summed E-state index contributed by atoms with van der Waals surface area (Å²) in [5.41, 5.74) is 2.69. The van der Waals surface area contributed by atoms with Crippen LogP contribution in [0.25, 0.3) is 16.8 Å². The van der Waals surface area contributed by atoms with E-state index in [1.165, 1.54) is 0 Å². The Balaban J connectivity index is 1.69. The normalized spacial score (nSPS) is 12.0. The van der Waals surface area contributed by atoms with E-state index in [4.69, 9.17) is 0 Å². The molecule has 0 aliphatic rings. The first-order valence-electron chi connectivity index (χ1n) is 8.81. The number of anilines is 1. The second-order valence-corrected chi connectivity index (χ2v) is 9.43. The molecule has 0 aliphatic carbocycles. The van der Waals surface area contributed by atoms with Crippen molar-refractivity contribution in [2.75, 3.05) is 16.3 Å². The van der Waals surface area contributed by atoms with Gasteiger partial charge in [0.1, 0.15) is 11.2 Å². The van der Waals surface area contributed by atoms with E-state index >= 15 is 0 Å². The van der Waals surface area contributed by atoms with E-state index in [1.807, 2.05) is 18.2 Å². The Bertz CT molecular complexity index is 1390. The highest BCUT2D eigenvalue weighted by Gasteiger charge is 2.31. The lowest BCUT2D eigenvalue weighted by Crippen LogP contribution is -2.38. The van der Waals surface area contributed by atoms with Crippen molar-refractivity contribution in [3.63, 3.8) is 0 Å². The van der Waals surface area contributed by atoms with Gasteiger partial charge >= 0.3 is 0 Å². The van der Waals surface area contributed by atoms with Gasteiger partial charge in [-0.3, -0.25) is 13.9 Å². The number of nitrogens with zero attached hydrogens (tertiary/aromatic N) is 8. The number of carbonyl (C=O) groups is 1. The average Bonchev–Trinajstić information content (AvgIpc) is 3.21. The van der Waals surface area contributed by atoms with Crippen LogP contribution in [0.2, 0.25) is 0 Å². The van der Waals surface area contributed by atoms with E-state index in [9.17, 15) is 13.2 Å². The van der Waals surface area contributed by atoms with E-state index in [1.54, 1.807) is 36.0 Å². The van der Waals surface area contributed by atoms with E-state index in [-0.39, 0.29) is 11.4 Å². The number of carbonyl (C=O) groups excluding carboxylic acids is 1. The maximum absolute atomic E-state index is 13.0. The van der Waals surface area contributed by atoms with Gasteiger partial charge in [-0.25, -0.2) is 12.7 Å². The molecule has 0 N–H and O–H groups in total. The fourth-order valence-electron chi connectivity index (χ4n) is 3.18. The largest absolute Gasteiger partial charge is 0.275 e. The van der Waals surface area contributed by atoms with Crippen LogP contribution >= 0.6 is 11.8 Å². The van der Waals surface area contributed by atoms with Crippen molar-refractivity contribution in [2.24, 2.45) is 7.05 Å². The van der Waals surface area contributed by atoms with Gasteiger partial charge in [0.2, 0.25) is 10.0 Å². The van der Waals surface area contributed by atoms with Crippen molar-refractivity contribution in [3.8, 4) is 0 Å². The van der Waals surface area contributed by atoms with Crippen molar-refractivity contribution in [1.29, 1.82) is 0 Å². The molecule has 4 rings (SSSR count). The molecule has 0 radical (unpaired) electrons. The Hall–Kier alpha value is -3.06. The first-order chi connectivity index (χ1) is 14.2. The van der Waals surface area contributed by atoms with Crippen molar-refractivity contribution < 1.29 is 13.2 Å². The number of benzene rings is 1. The summed E-state index contributed by atoms with van der Waals surface area (Å²) in [6.45, 7) is 3.38. The molecule has 13 heteroatoms. The molecule has 0 fully saturated rings. The zero-order valence-electron chi connectivity index (χ0n) is 16.6.